The summed E-state index contributed by atoms with van der Waals surface area (Å²) >= 11 is 0. The van der Waals surface area contributed by atoms with Gasteiger partial charge in [-0.2, -0.15) is 0 Å². The predicted molar refractivity (Wildman–Crippen MR) is 47.4 cm³/mol. The van der Waals surface area contributed by atoms with E-state index in [2.05, 4.69) is 10.1 Å². The molecule has 0 saturated heterocycles. The molecule has 0 radical (unpaired) electrons. The van der Waals surface area contributed by atoms with Crippen LogP contribution < -0.4 is 5.32 Å². The normalized spacial score (nSPS) is 15.1. The van der Waals surface area contributed by atoms with Gasteiger partial charge in [-0.25, -0.2) is 4.79 Å². The van der Waals surface area contributed by atoms with Crippen LogP contribution in [-0.4, -0.2) is 50.6 Å². The minimum absolute atomic E-state index is 0.156. The first-order chi connectivity index (χ1) is 6.04. The van der Waals surface area contributed by atoms with Gasteiger partial charge in [0.1, 0.15) is 0 Å². The van der Waals surface area contributed by atoms with Crippen LogP contribution in [0.5, 0.6) is 0 Å². The van der Waals surface area contributed by atoms with Crippen LogP contribution in [0.3, 0.4) is 0 Å². The Labute approximate surface area is 78.0 Å². The highest BCUT2D eigenvalue weighted by Gasteiger charge is 2.30. The third kappa shape index (κ3) is 4.82. The first-order valence-electron chi connectivity index (χ1n) is 4.05. The molecule has 0 amide bonds. The topological polar surface area (TPSA) is 67.8 Å². The molecule has 0 spiro atoms. The zero-order valence-corrected chi connectivity index (χ0v) is 8.29. The molecule has 5 heteroatoms. The molecule has 0 aliphatic rings. The van der Waals surface area contributed by atoms with Crippen molar-refractivity contribution in [3.8, 4) is 0 Å². The van der Waals surface area contributed by atoms with Crippen molar-refractivity contribution >= 4 is 5.97 Å². The number of aliphatic hydroxyl groups is 1. The number of nitrogens with one attached hydrogen (secondary N) is 1. The van der Waals surface area contributed by atoms with Crippen molar-refractivity contribution < 1.29 is 19.4 Å². The standard InChI is InChI=1S/C8H17NO4/c1-8(11,7(10)13-3)6-9-4-5-12-2/h9,11H,4-6H2,1-3H3. The third-order valence-corrected chi connectivity index (χ3v) is 1.58. The Morgan fingerprint density at radius 2 is 2.15 bits per heavy atom. The SMILES string of the molecule is COCCNCC(C)(O)C(=O)OC. The molecular formula is C8H17NO4. The first-order valence-corrected chi connectivity index (χ1v) is 4.05. The number of hydrogen-bond acceptors (Lipinski definition) is 5. The Morgan fingerprint density at radius 3 is 2.62 bits per heavy atom. The number of hydrogen-bond donors (Lipinski definition) is 2. The molecule has 1 unspecified atom stereocenters. The fourth-order valence-electron chi connectivity index (χ4n) is 0.798. The van der Waals surface area contributed by atoms with Crippen LogP contribution in [0, 0.1) is 0 Å². The van der Waals surface area contributed by atoms with Gasteiger partial charge >= 0.3 is 5.97 Å². The van der Waals surface area contributed by atoms with E-state index in [1.165, 1.54) is 14.0 Å². The van der Waals surface area contributed by atoms with Gasteiger partial charge in [-0.1, -0.05) is 0 Å². The van der Waals surface area contributed by atoms with E-state index in [4.69, 9.17) is 4.74 Å². The fraction of sp³-hybridized carbons (Fsp3) is 0.875. The van der Waals surface area contributed by atoms with E-state index in [0.29, 0.717) is 13.2 Å². The second-order valence-corrected chi connectivity index (χ2v) is 2.94. The second-order valence-electron chi connectivity index (χ2n) is 2.94. The third-order valence-electron chi connectivity index (χ3n) is 1.58. The number of methoxy groups -OCH3 is 2. The maximum atomic E-state index is 11.0. The van der Waals surface area contributed by atoms with E-state index in [9.17, 15) is 9.90 Å². The van der Waals surface area contributed by atoms with E-state index in [-0.39, 0.29) is 6.54 Å². The lowest BCUT2D eigenvalue weighted by Crippen LogP contribution is -2.46. The van der Waals surface area contributed by atoms with E-state index in [1.807, 2.05) is 0 Å². The highest BCUT2D eigenvalue weighted by molar-refractivity contribution is 5.78. The van der Waals surface area contributed by atoms with Gasteiger partial charge in [0.15, 0.2) is 5.60 Å². The number of carbonyl (C=O) groups excluding carboxylic acids is 1. The molecule has 0 heterocycles. The minimum Gasteiger partial charge on any atom is -0.467 e. The van der Waals surface area contributed by atoms with Gasteiger partial charge in [0.2, 0.25) is 0 Å². The Kier molecular flexibility index (Phi) is 5.61. The van der Waals surface area contributed by atoms with Crippen LogP contribution in [-0.2, 0) is 14.3 Å². The van der Waals surface area contributed by atoms with Gasteiger partial charge in [0.05, 0.1) is 13.7 Å². The Morgan fingerprint density at radius 1 is 1.54 bits per heavy atom. The van der Waals surface area contributed by atoms with Crippen molar-refractivity contribution in [1.29, 1.82) is 0 Å². The van der Waals surface area contributed by atoms with Crippen LogP contribution in [0.1, 0.15) is 6.92 Å². The zero-order chi connectivity index (χ0) is 10.3. The summed E-state index contributed by atoms with van der Waals surface area (Å²) in [7, 11) is 2.83. The molecule has 5 nitrogen and oxygen atoms in total. The summed E-state index contributed by atoms with van der Waals surface area (Å²) in [6, 6.07) is 0. The van der Waals surface area contributed by atoms with Crippen LogP contribution in [0.4, 0.5) is 0 Å². The van der Waals surface area contributed by atoms with Crippen LogP contribution in [0.15, 0.2) is 0 Å². The van der Waals surface area contributed by atoms with Crippen molar-refractivity contribution in [3.63, 3.8) is 0 Å². The van der Waals surface area contributed by atoms with Gasteiger partial charge in [0, 0.05) is 20.2 Å². The maximum Gasteiger partial charge on any atom is 0.338 e. The summed E-state index contributed by atoms with van der Waals surface area (Å²) in [4.78, 5) is 11.0. The molecule has 0 saturated carbocycles. The molecule has 0 rings (SSSR count). The molecular weight excluding hydrogens is 174 g/mol. The quantitative estimate of drug-likeness (QED) is 0.422. The van der Waals surface area contributed by atoms with Gasteiger partial charge in [-0.3, -0.25) is 0 Å². The monoisotopic (exact) mass is 191 g/mol. The average molecular weight is 191 g/mol. The van der Waals surface area contributed by atoms with Gasteiger partial charge in [-0.15, -0.1) is 0 Å². The van der Waals surface area contributed by atoms with Crippen molar-refractivity contribution in [2.45, 2.75) is 12.5 Å². The van der Waals surface area contributed by atoms with E-state index >= 15 is 0 Å². The molecule has 0 fully saturated rings. The number of esters is 1. The lowest BCUT2D eigenvalue weighted by molar-refractivity contribution is -0.159. The van der Waals surface area contributed by atoms with Crippen molar-refractivity contribution in [3.05, 3.63) is 0 Å². The summed E-state index contributed by atoms with van der Waals surface area (Å²) < 4.78 is 9.19. The Hall–Kier alpha value is -0.650. The van der Waals surface area contributed by atoms with E-state index in [1.54, 1.807) is 7.11 Å². The van der Waals surface area contributed by atoms with E-state index in [0.717, 1.165) is 0 Å². The van der Waals surface area contributed by atoms with Crippen LogP contribution in [0.25, 0.3) is 0 Å². The highest BCUT2D eigenvalue weighted by atomic mass is 16.5. The highest BCUT2D eigenvalue weighted by Crippen LogP contribution is 2.02. The van der Waals surface area contributed by atoms with Crippen molar-refractivity contribution in [1.82, 2.24) is 5.32 Å². The summed E-state index contributed by atoms with van der Waals surface area (Å²) in [6.45, 7) is 2.68. The summed E-state index contributed by atoms with van der Waals surface area (Å²) in [5.74, 6) is -0.641. The maximum absolute atomic E-state index is 11.0. The van der Waals surface area contributed by atoms with Gasteiger partial charge in [-0.05, 0) is 6.92 Å². The molecule has 0 aliphatic carbocycles. The molecule has 0 aliphatic heterocycles. The van der Waals surface area contributed by atoms with Gasteiger partial charge < -0.3 is 19.9 Å². The van der Waals surface area contributed by atoms with Crippen molar-refractivity contribution in [2.24, 2.45) is 0 Å². The summed E-state index contributed by atoms with van der Waals surface area (Å²) in [5.41, 5.74) is -1.47. The Balaban J connectivity index is 3.69. The molecule has 1 atom stereocenters. The van der Waals surface area contributed by atoms with E-state index < -0.39 is 11.6 Å². The average Bonchev–Trinajstić information content (AvgIpc) is 2.11. The number of ether oxygens (including phenoxy) is 2. The summed E-state index contributed by atoms with van der Waals surface area (Å²) in [6.07, 6.45) is 0. The predicted octanol–water partition coefficient (Wildman–Crippen LogP) is -0.854. The molecule has 13 heavy (non-hydrogen) atoms. The second kappa shape index (κ2) is 5.90. The number of carbonyl (C=O) groups is 1. The minimum atomic E-state index is -1.47. The fourth-order valence-corrected chi connectivity index (χ4v) is 0.798. The number of rotatable bonds is 6. The molecule has 0 aromatic rings. The smallest absolute Gasteiger partial charge is 0.338 e. The van der Waals surface area contributed by atoms with Gasteiger partial charge in [0.25, 0.3) is 0 Å². The first kappa shape index (κ1) is 12.3. The largest absolute Gasteiger partial charge is 0.467 e. The Bertz CT molecular complexity index is 158. The zero-order valence-electron chi connectivity index (χ0n) is 8.29. The molecule has 78 valence electrons. The molecule has 2 N–H and O–H groups in total. The lowest BCUT2D eigenvalue weighted by Gasteiger charge is -2.20. The molecule has 0 aromatic heterocycles. The lowest BCUT2D eigenvalue weighted by atomic mass is 10.1. The summed E-state index contributed by atoms with van der Waals surface area (Å²) in [5, 5.41) is 12.4. The molecule has 0 aromatic carbocycles. The van der Waals surface area contributed by atoms with Crippen molar-refractivity contribution in [2.75, 3.05) is 33.9 Å². The van der Waals surface area contributed by atoms with Crippen LogP contribution >= 0.6 is 0 Å². The van der Waals surface area contributed by atoms with Crippen LogP contribution in [0.2, 0.25) is 0 Å². The molecule has 0 bridgehead atoms.